The van der Waals surface area contributed by atoms with E-state index in [1.165, 1.54) is 18.5 Å². The number of pyridine rings is 1. The number of hydrogen-bond acceptors (Lipinski definition) is 5. The van der Waals surface area contributed by atoms with Crippen molar-refractivity contribution in [2.75, 3.05) is 51.8 Å². The number of likely N-dealkylation sites (N-methyl/N-ethyl adjacent to an activating group) is 1. The monoisotopic (exact) mass is 535 g/mol. The molecular formula is C33H37N5O2. The Labute approximate surface area is 235 Å². The van der Waals surface area contributed by atoms with E-state index >= 15 is 0 Å². The van der Waals surface area contributed by atoms with Crippen molar-refractivity contribution < 1.29 is 9.53 Å². The number of anilines is 1. The average molecular weight is 536 g/mol. The summed E-state index contributed by atoms with van der Waals surface area (Å²) >= 11 is 0. The summed E-state index contributed by atoms with van der Waals surface area (Å²) in [6, 6.07) is 17.1. The Bertz CT molecular complexity index is 1560. The number of carbonyl (C=O) groups excluding carboxylic acids is 1. The van der Waals surface area contributed by atoms with Crippen LogP contribution in [-0.2, 0) is 0 Å². The first kappa shape index (κ1) is 25.1. The predicted octanol–water partition coefficient (Wildman–Crippen LogP) is 5.53. The fraction of sp³-hybridized carbons (Fsp3) is 0.394. The maximum Gasteiger partial charge on any atom is 0.253 e. The number of rotatable bonds is 5. The van der Waals surface area contributed by atoms with Crippen molar-refractivity contribution in [1.29, 1.82) is 0 Å². The largest absolute Gasteiger partial charge is 0.489 e. The van der Waals surface area contributed by atoms with Gasteiger partial charge in [0.25, 0.3) is 5.91 Å². The van der Waals surface area contributed by atoms with E-state index in [0.717, 1.165) is 76.7 Å². The summed E-state index contributed by atoms with van der Waals surface area (Å²) < 4.78 is 6.23. The molecule has 3 aliphatic rings. The molecule has 7 nitrogen and oxygen atoms in total. The maximum atomic E-state index is 13.0. The average Bonchev–Trinajstić information content (AvgIpc) is 3.39. The van der Waals surface area contributed by atoms with Gasteiger partial charge in [0.15, 0.2) is 0 Å². The molecule has 206 valence electrons. The van der Waals surface area contributed by atoms with Crippen LogP contribution < -0.4 is 9.64 Å². The Morgan fingerprint density at radius 1 is 1.07 bits per heavy atom. The van der Waals surface area contributed by atoms with Crippen LogP contribution in [0.3, 0.4) is 0 Å². The number of benzene rings is 2. The lowest BCUT2D eigenvalue weighted by Gasteiger charge is -2.44. The highest BCUT2D eigenvalue weighted by Gasteiger charge is 2.32. The Kier molecular flexibility index (Phi) is 6.27. The highest BCUT2D eigenvalue weighted by atomic mass is 16.5. The van der Waals surface area contributed by atoms with Gasteiger partial charge < -0.3 is 24.4 Å². The molecule has 1 N–H and O–H groups in total. The third-order valence-corrected chi connectivity index (χ3v) is 9.04. The van der Waals surface area contributed by atoms with Crippen LogP contribution in [0, 0.1) is 11.8 Å². The number of nitrogens with one attached hydrogen (secondary N) is 1. The number of piperazine rings is 1. The van der Waals surface area contributed by atoms with Crippen molar-refractivity contribution in [3.05, 3.63) is 66.5 Å². The summed E-state index contributed by atoms with van der Waals surface area (Å²) in [7, 11) is 4.10. The summed E-state index contributed by atoms with van der Waals surface area (Å²) in [4.78, 5) is 27.8. The van der Waals surface area contributed by atoms with Gasteiger partial charge in [-0.05, 0) is 73.2 Å². The van der Waals surface area contributed by atoms with Crippen LogP contribution in [-0.4, -0.2) is 78.6 Å². The van der Waals surface area contributed by atoms with Crippen LogP contribution in [0.15, 0.2) is 60.9 Å². The molecule has 1 atom stereocenters. The Morgan fingerprint density at radius 2 is 1.88 bits per heavy atom. The molecule has 2 aliphatic heterocycles. The molecule has 40 heavy (non-hydrogen) atoms. The van der Waals surface area contributed by atoms with Crippen molar-refractivity contribution in [3.63, 3.8) is 0 Å². The van der Waals surface area contributed by atoms with Gasteiger partial charge in [0.2, 0.25) is 0 Å². The van der Waals surface area contributed by atoms with Crippen LogP contribution in [0.5, 0.6) is 5.75 Å². The van der Waals surface area contributed by atoms with Gasteiger partial charge in [0, 0.05) is 67.7 Å². The van der Waals surface area contributed by atoms with E-state index in [1.54, 1.807) is 0 Å². The molecule has 0 radical (unpaired) electrons. The molecule has 1 saturated carbocycles. The lowest BCUT2D eigenvalue weighted by Crippen LogP contribution is -2.56. The van der Waals surface area contributed by atoms with Crippen LogP contribution >= 0.6 is 0 Å². The number of aromatic amines is 1. The van der Waals surface area contributed by atoms with Crippen molar-refractivity contribution >= 4 is 22.6 Å². The van der Waals surface area contributed by atoms with Crippen molar-refractivity contribution in [1.82, 2.24) is 19.8 Å². The van der Waals surface area contributed by atoms with Gasteiger partial charge in [-0.2, -0.15) is 0 Å². The molecule has 0 bridgehead atoms. The van der Waals surface area contributed by atoms with E-state index in [9.17, 15) is 4.79 Å². The second kappa shape index (κ2) is 9.97. The van der Waals surface area contributed by atoms with Gasteiger partial charge in [-0.25, -0.2) is 4.98 Å². The van der Waals surface area contributed by atoms with E-state index in [0.29, 0.717) is 18.6 Å². The lowest BCUT2D eigenvalue weighted by molar-refractivity contribution is 0.0711. The molecule has 4 heterocycles. The normalized spacial score (nSPS) is 22.3. The summed E-state index contributed by atoms with van der Waals surface area (Å²) in [5, 5.41) is 1.06. The quantitative estimate of drug-likeness (QED) is 0.364. The van der Waals surface area contributed by atoms with Gasteiger partial charge in [0.05, 0.1) is 11.7 Å². The molecule has 7 rings (SSSR count). The molecule has 7 heteroatoms. The van der Waals surface area contributed by atoms with E-state index in [-0.39, 0.29) is 5.91 Å². The van der Waals surface area contributed by atoms with Gasteiger partial charge >= 0.3 is 0 Å². The molecule has 1 aliphatic carbocycles. The molecule has 1 saturated heterocycles. The number of hydrogen-bond donors (Lipinski definition) is 1. The molecule has 4 aromatic rings. The van der Waals surface area contributed by atoms with Gasteiger partial charge in [-0.3, -0.25) is 4.79 Å². The highest BCUT2D eigenvalue weighted by molar-refractivity contribution is 5.98. The van der Waals surface area contributed by atoms with Crippen LogP contribution in [0.1, 0.15) is 30.1 Å². The van der Waals surface area contributed by atoms with Crippen molar-refractivity contribution in [2.24, 2.45) is 11.8 Å². The van der Waals surface area contributed by atoms with E-state index in [2.05, 4.69) is 53.0 Å². The maximum absolute atomic E-state index is 13.0. The topological polar surface area (TPSA) is 64.7 Å². The number of nitrogens with zero attached hydrogens (tertiary/aromatic N) is 4. The highest BCUT2D eigenvalue weighted by Crippen LogP contribution is 2.39. The van der Waals surface area contributed by atoms with Crippen LogP contribution in [0.4, 0.5) is 5.69 Å². The van der Waals surface area contributed by atoms with Gasteiger partial charge in [-0.1, -0.05) is 25.1 Å². The van der Waals surface area contributed by atoms with E-state index < -0.39 is 0 Å². The number of ether oxygens (including phenoxy) is 1. The number of fused-ring (bicyclic) bond motifs is 4. The first-order valence-electron chi connectivity index (χ1n) is 14.5. The second-order valence-corrected chi connectivity index (χ2v) is 12.1. The number of carbonyl (C=O) groups is 1. The van der Waals surface area contributed by atoms with Crippen LogP contribution in [0.2, 0.25) is 0 Å². The molecule has 1 amide bonds. The van der Waals surface area contributed by atoms with E-state index in [1.807, 2.05) is 48.6 Å². The zero-order chi connectivity index (χ0) is 27.4. The summed E-state index contributed by atoms with van der Waals surface area (Å²) in [6.45, 7) is 6.96. The zero-order valence-electron chi connectivity index (χ0n) is 23.6. The number of H-pyrrole nitrogens is 1. The fourth-order valence-corrected chi connectivity index (χ4v) is 6.80. The summed E-state index contributed by atoms with van der Waals surface area (Å²) in [6.07, 6.45) is 6.38. The molecule has 1 unspecified atom stereocenters. The summed E-state index contributed by atoms with van der Waals surface area (Å²) in [5.41, 5.74) is 7.06. The Morgan fingerprint density at radius 3 is 2.67 bits per heavy atom. The second-order valence-electron chi connectivity index (χ2n) is 12.1. The van der Waals surface area contributed by atoms with Crippen molar-refractivity contribution in [3.8, 4) is 28.0 Å². The zero-order valence-corrected chi connectivity index (χ0v) is 23.6. The Balaban J connectivity index is 1.12. The van der Waals surface area contributed by atoms with Gasteiger partial charge in [-0.15, -0.1) is 0 Å². The molecule has 2 aromatic heterocycles. The van der Waals surface area contributed by atoms with E-state index in [4.69, 9.17) is 9.72 Å². The first-order chi connectivity index (χ1) is 19.4. The molecule has 2 aromatic carbocycles. The predicted molar refractivity (Wildman–Crippen MR) is 160 cm³/mol. The van der Waals surface area contributed by atoms with Crippen molar-refractivity contribution in [2.45, 2.75) is 25.8 Å². The Hall–Kier alpha value is -3.84. The third kappa shape index (κ3) is 4.52. The minimum atomic E-state index is 0.0894. The van der Waals surface area contributed by atoms with Crippen LogP contribution in [0.25, 0.3) is 33.3 Å². The SMILES string of the molecule is CC1CC(CN(C)C(=O)c2ccc(-c3c[nH]c4ncc(-c5ccc6c(c5)OCC5CN(C)CCN65)cc34)cc2)C1. The fourth-order valence-electron chi connectivity index (χ4n) is 6.80. The standard InChI is InChI=1S/C33H37N5O2/c1-21-12-22(13-21)18-37(3)33(39)24-6-4-23(5-7-24)29-17-35-32-28(29)14-26(16-34-32)25-8-9-30-31(15-25)40-20-27-19-36(2)10-11-38(27)30/h4-9,14-17,21-22,27H,10-13,18-20H2,1-3H3,(H,34,35). The molecule has 2 fully saturated rings. The number of amides is 1. The molecular weight excluding hydrogens is 498 g/mol. The van der Waals surface area contributed by atoms with Gasteiger partial charge in [0.1, 0.15) is 18.0 Å². The molecule has 0 spiro atoms. The minimum Gasteiger partial charge on any atom is -0.489 e. The summed E-state index contributed by atoms with van der Waals surface area (Å²) in [5.74, 6) is 2.47. The lowest BCUT2D eigenvalue weighted by atomic mass is 9.76. The minimum absolute atomic E-state index is 0.0894. The smallest absolute Gasteiger partial charge is 0.253 e. The third-order valence-electron chi connectivity index (χ3n) is 9.04. The number of aromatic nitrogens is 2. The first-order valence-corrected chi connectivity index (χ1v) is 14.5.